The smallest absolute Gasteiger partial charge is 0.179 e. The van der Waals surface area contributed by atoms with Crippen LogP contribution in [0.15, 0.2) is 66.7 Å². The van der Waals surface area contributed by atoms with E-state index >= 15 is 0 Å². The second-order valence-corrected chi connectivity index (χ2v) is 9.96. The summed E-state index contributed by atoms with van der Waals surface area (Å²) in [6.45, 7) is 13.8. The van der Waals surface area contributed by atoms with Gasteiger partial charge in [0, 0.05) is 0 Å². The normalized spacial score (nSPS) is 14.7. The first kappa shape index (κ1) is 27.5. The molecule has 0 amide bonds. The van der Waals surface area contributed by atoms with Crippen LogP contribution in [0.5, 0.6) is 0 Å². The molecule has 0 aliphatic rings. The van der Waals surface area contributed by atoms with Crippen molar-refractivity contribution >= 4 is 0 Å². The summed E-state index contributed by atoms with van der Waals surface area (Å²) in [6, 6.07) is 28.8. The van der Waals surface area contributed by atoms with Gasteiger partial charge in [-0.2, -0.15) is 29.8 Å². The molecule has 0 aliphatic heterocycles. The summed E-state index contributed by atoms with van der Waals surface area (Å²) in [5.41, 5.74) is 8.36. The third-order valence-corrected chi connectivity index (χ3v) is 7.28. The quantitative estimate of drug-likeness (QED) is 0.263. The Morgan fingerprint density at radius 2 is 1.12 bits per heavy atom. The fourth-order valence-corrected chi connectivity index (χ4v) is 4.67. The Labute approximate surface area is 215 Å². The number of hydrogen-bond donors (Lipinski definition) is 0. The van der Waals surface area contributed by atoms with Gasteiger partial charge in [-0.25, -0.2) is 0 Å². The molecule has 170 valence electrons. The van der Waals surface area contributed by atoms with E-state index in [1.54, 1.807) is 0 Å². The predicted molar refractivity (Wildman–Crippen MR) is 139 cm³/mol. The van der Waals surface area contributed by atoms with E-state index < -0.39 is 0 Å². The fraction of sp³-hybridized carbons (Fsp3) is 0.438. The van der Waals surface area contributed by atoms with E-state index in [0.29, 0.717) is 23.7 Å². The first-order valence-electron chi connectivity index (χ1n) is 12.6. The molecule has 0 aliphatic carbocycles. The molecule has 3 aromatic carbocycles. The van der Waals surface area contributed by atoms with E-state index in [2.05, 4.69) is 114 Å². The molecule has 33 heavy (non-hydrogen) atoms. The summed E-state index contributed by atoms with van der Waals surface area (Å²) in [5.74, 6) is 2.14. The van der Waals surface area contributed by atoms with Crippen molar-refractivity contribution < 1.29 is 18.9 Å². The number of benzene rings is 3. The second kappa shape index (κ2) is 13.2. The summed E-state index contributed by atoms with van der Waals surface area (Å²) in [4.78, 5) is 0. The largest absolute Gasteiger partial charge is 1.00 e. The van der Waals surface area contributed by atoms with Crippen molar-refractivity contribution in [3.8, 4) is 0 Å². The average molecular weight is 433 g/mol. The van der Waals surface area contributed by atoms with E-state index in [4.69, 9.17) is 0 Å². The van der Waals surface area contributed by atoms with Gasteiger partial charge in [0.25, 0.3) is 0 Å². The topological polar surface area (TPSA) is 0 Å². The van der Waals surface area contributed by atoms with Crippen LogP contribution in [-0.4, -0.2) is 0 Å². The maximum absolute atomic E-state index is 3.73. The third kappa shape index (κ3) is 7.37. The molecule has 1 heteroatoms. The zero-order chi connectivity index (χ0) is 23.1. The molecule has 0 N–H and O–H groups in total. The van der Waals surface area contributed by atoms with Crippen LogP contribution in [0.4, 0.5) is 0 Å². The molecule has 3 aromatic rings. The molecule has 0 spiro atoms. The zero-order valence-corrected chi connectivity index (χ0v) is 22.0. The van der Waals surface area contributed by atoms with Crippen molar-refractivity contribution in [3.05, 3.63) is 106 Å². The van der Waals surface area contributed by atoms with Crippen LogP contribution in [0.25, 0.3) is 0 Å². The maximum atomic E-state index is 3.73. The minimum atomic E-state index is 0. The molecule has 0 heterocycles. The SMILES string of the molecule is CCC(C)CC(c1ccc(C)cc1)c1[c-]cccc1C(CC(C)CC)c1ccc(C)cc1.[Li+]. The van der Waals surface area contributed by atoms with Gasteiger partial charge in [0.05, 0.1) is 0 Å². The average Bonchev–Trinajstić information content (AvgIpc) is 2.82. The first-order chi connectivity index (χ1) is 15.4. The van der Waals surface area contributed by atoms with Crippen LogP contribution in [0, 0.1) is 31.7 Å². The summed E-state index contributed by atoms with van der Waals surface area (Å²) in [6.07, 6.45) is 4.76. The number of hydrogen-bond acceptors (Lipinski definition) is 0. The monoisotopic (exact) mass is 432 g/mol. The Hall–Kier alpha value is -1.74. The molecule has 4 unspecified atom stereocenters. The molecule has 3 rings (SSSR count). The van der Waals surface area contributed by atoms with Crippen molar-refractivity contribution in [1.29, 1.82) is 0 Å². The molecule has 0 saturated heterocycles. The molecule has 4 atom stereocenters. The van der Waals surface area contributed by atoms with E-state index in [0.717, 1.165) is 6.42 Å². The van der Waals surface area contributed by atoms with Gasteiger partial charge in [-0.05, 0) is 49.5 Å². The molecule has 0 saturated carbocycles. The molecule has 0 fully saturated rings. The predicted octanol–water partition coefficient (Wildman–Crippen LogP) is 6.24. The van der Waals surface area contributed by atoms with Crippen LogP contribution in [-0.2, 0) is 0 Å². The summed E-state index contributed by atoms with van der Waals surface area (Å²) >= 11 is 0. The Morgan fingerprint density at radius 1 is 0.667 bits per heavy atom. The van der Waals surface area contributed by atoms with Gasteiger partial charge < -0.3 is 0 Å². The Balaban J connectivity index is 0.00000385. The standard InChI is InChI=1S/C32H41.Li/c1-7-23(3)21-31(27-17-13-25(5)14-18-27)29-11-9-10-12-30(29)32(22-24(4)8-2)28-19-15-26(6)16-20-28;/h9-11,13-20,23-24,31-32H,7-8,21-22H2,1-6H3;/q-1;+1. The van der Waals surface area contributed by atoms with Crippen molar-refractivity contribution in [2.24, 2.45) is 11.8 Å². The summed E-state index contributed by atoms with van der Waals surface area (Å²) in [5, 5.41) is 0. The van der Waals surface area contributed by atoms with Gasteiger partial charge in [0.15, 0.2) is 0 Å². The second-order valence-electron chi connectivity index (χ2n) is 9.96. The van der Waals surface area contributed by atoms with Gasteiger partial charge in [0.2, 0.25) is 0 Å². The van der Waals surface area contributed by atoms with E-state index in [9.17, 15) is 0 Å². The number of aryl methyl sites for hydroxylation is 2. The van der Waals surface area contributed by atoms with Gasteiger partial charge in [0.1, 0.15) is 0 Å². The fourth-order valence-electron chi connectivity index (χ4n) is 4.67. The van der Waals surface area contributed by atoms with Crippen LogP contribution >= 0.6 is 0 Å². The van der Waals surface area contributed by atoms with Crippen LogP contribution in [0.2, 0.25) is 0 Å². The number of rotatable bonds is 10. The molecule has 0 nitrogen and oxygen atoms in total. The van der Waals surface area contributed by atoms with E-state index in [1.165, 1.54) is 52.6 Å². The third-order valence-electron chi connectivity index (χ3n) is 7.28. The molecular formula is C32H41Li. The van der Waals surface area contributed by atoms with Crippen molar-refractivity contribution in [3.63, 3.8) is 0 Å². The molecule has 0 radical (unpaired) electrons. The van der Waals surface area contributed by atoms with E-state index in [1.807, 2.05) is 0 Å². The Bertz CT molecular complexity index is 874. The Kier molecular flexibility index (Phi) is 11.0. The minimum absolute atomic E-state index is 0. The van der Waals surface area contributed by atoms with Gasteiger partial charge in [-0.1, -0.05) is 112 Å². The van der Waals surface area contributed by atoms with Crippen molar-refractivity contribution in [1.82, 2.24) is 0 Å². The van der Waals surface area contributed by atoms with Crippen LogP contribution in [0.3, 0.4) is 0 Å². The zero-order valence-electron chi connectivity index (χ0n) is 22.0. The summed E-state index contributed by atoms with van der Waals surface area (Å²) < 4.78 is 0. The van der Waals surface area contributed by atoms with Crippen LogP contribution < -0.4 is 18.9 Å². The van der Waals surface area contributed by atoms with E-state index in [-0.39, 0.29) is 18.9 Å². The molecule has 0 bridgehead atoms. The van der Waals surface area contributed by atoms with Gasteiger partial charge in [-0.15, -0.1) is 5.56 Å². The molecular weight excluding hydrogens is 391 g/mol. The van der Waals surface area contributed by atoms with Gasteiger partial charge >= 0.3 is 18.9 Å². The first-order valence-corrected chi connectivity index (χ1v) is 12.6. The minimum Gasteiger partial charge on any atom is -0.179 e. The molecule has 0 aromatic heterocycles. The van der Waals surface area contributed by atoms with Crippen molar-refractivity contribution in [2.45, 2.75) is 79.1 Å². The van der Waals surface area contributed by atoms with Crippen LogP contribution in [0.1, 0.15) is 98.6 Å². The van der Waals surface area contributed by atoms with Crippen molar-refractivity contribution in [2.75, 3.05) is 0 Å². The maximum Gasteiger partial charge on any atom is 1.00 e. The Morgan fingerprint density at radius 3 is 1.61 bits per heavy atom. The summed E-state index contributed by atoms with van der Waals surface area (Å²) in [7, 11) is 0. The van der Waals surface area contributed by atoms with Gasteiger partial charge in [-0.3, -0.25) is 0 Å².